The van der Waals surface area contributed by atoms with Gasteiger partial charge in [0.2, 0.25) is 0 Å². The zero-order valence-corrected chi connectivity index (χ0v) is 11.2. The minimum Gasteiger partial charge on any atom is -0.493 e. The van der Waals surface area contributed by atoms with E-state index in [9.17, 15) is 0 Å². The van der Waals surface area contributed by atoms with Crippen LogP contribution < -0.4 is 4.74 Å². The molecule has 0 atom stereocenters. The van der Waals surface area contributed by atoms with Crippen molar-refractivity contribution in [2.45, 2.75) is 12.8 Å². The Morgan fingerprint density at radius 2 is 1.80 bits per heavy atom. The van der Waals surface area contributed by atoms with Crippen LogP contribution in [0.25, 0.3) is 0 Å². The molecule has 0 aromatic heterocycles. The zero-order valence-electron chi connectivity index (χ0n) is 8.10. The number of halogens is 3. The molecule has 82 valence electrons. The van der Waals surface area contributed by atoms with Crippen molar-refractivity contribution >= 4 is 39.1 Å². The number of alkyl halides is 1. The molecule has 15 heavy (non-hydrogen) atoms. The highest BCUT2D eigenvalue weighted by Crippen LogP contribution is 2.47. The van der Waals surface area contributed by atoms with Crippen molar-refractivity contribution in [2.75, 3.05) is 11.9 Å². The number of benzene rings is 1. The minimum atomic E-state index is 0.342. The van der Waals surface area contributed by atoms with Crippen LogP contribution in [0.2, 0.25) is 10.0 Å². The number of rotatable bonds is 4. The number of hydrogen-bond acceptors (Lipinski definition) is 1. The molecule has 1 nitrogen and oxygen atoms in total. The molecule has 0 aliphatic heterocycles. The minimum absolute atomic E-state index is 0.342. The van der Waals surface area contributed by atoms with Crippen LogP contribution in [0, 0.1) is 5.41 Å². The standard InChI is InChI=1S/C11H11BrCl2O/c12-6-11(1-2-11)7-15-10-4-8(13)3-9(14)5-10/h3-5H,1-2,6-7H2. The molecule has 1 aromatic carbocycles. The van der Waals surface area contributed by atoms with E-state index in [-0.39, 0.29) is 0 Å². The summed E-state index contributed by atoms with van der Waals surface area (Å²) in [4.78, 5) is 0. The Hall–Kier alpha value is 0.0800. The van der Waals surface area contributed by atoms with Gasteiger partial charge in [0.15, 0.2) is 0 Å². The first-order valence-corrected chi connectivity index (χ1v) is 6.66. The van der Waals surface area contributed by atoms with Gasteiger partial charge >= 0.3 is 0 Å². The summed E-state index contributed by atoms with van der Waals surface area (Å²) >= 11 is 15.3. The topological polar surface area (TPSA) is 9.23 Å². The summed E-state index contributed by atoms with van der Waals surface area (Å²) in [5.74, 6) is 0.750. The van der Waals surface area contributed by atoms with Gasteiger partial charge in [-0.05, 0) is 31.0 Å². The summed E-state index contributed by atoms with van der Waals surface area (Å²) in [6.45, 7) is 0.731. The van der Waals surface area contributed by atoms with Gasteiger partial charge < -0.3 is 4.74 Å². The smallest absolute Gasteiger partial charge is 0.122 e. The van der Waals surface area contributed by atoms with E-state index in [0.717, 1.165) is 17.7 Å². The summed E-state index contributed by atoms with van der Waals surface area (Å²) in [5, 5.41) is 2.22. The molecular weight excluding hydrogens is 299 g/mol. The summed E-state index contributed by atoms with van der Waals surface area (Å²) in [7, 11) is 0. The predicted octanol–water partition coefficient (Wildman–Crippen LogP) is 4.55. The van der Waals surface area contributed by atoms with Gasteiger partial charge in [-0.15, -0.1) is 0 Å². The SMILES string of the molecule is Clc1cc(Cl)cc(OCC2(CBr)CC2)c1. The lowest BCUT2D eigenvalue weighted by atomic mass is 10.2. The number of ether oxygens (including phenoxy) is 1. The Morgan fingerprint density at radius 1 is 1.20 bits per heavy atom. The lowest BCUT2D eigenvalue weighted by Crippen LogP contribution is -2.14. The maximum Gasteiger partial charge on any atom is 0.122 e. The average Bonchev–Trinajstić information content (AvgIpc) is 2.94. The third kappa shape index (κ3) is 3.02. The molecular formula is C11H11BrCl2O. The normalized spacial score (nSPS) is 17.5. The van der Waals surface area contributed by atoms with E-state index in [1.54, 1.807) is 18.2 Å². The first-order valence-electron chi connectivity index (χ1n) is 4.78. The fourth-order valence-electron chi connectivity index (χ4n) is 1.34. The zero-order chi connectivity index (χ0) is 10.9. The Labute approximate surface area is 108 Å². The van der Waals surface area contributed by atoms with E-state index in [2.05, 4.69) is 15.9 Å². The summed E-state index contributed by atoms with van der Waals surface area (Å²) < 4.78 is 5.69. The van der Waals surface area contributed by atoms with Crippen LogP contribution in [0.5, 0.6) is 5.75 Å². The van der Waals surface area contributed by atoms with Crippen LogP contribution in [-0.4, -0.2) is 11.9 Å². The van der Waals surface area contributed by atoms with Gasteiger partial charge in [0, 0.05) is 20.8 Å². The monoisotopic (exact) mass is 308 g/mol. The first-order chi connectivity index (χ1) is 7.13. The van der Waals surface area contributed by atoms with E-state index in [0.29, 0.717) is 15.5 Å². The Morgan fingerprint density at radius 3 is 2.27 bits per heavy atom. The van der Waals surface area contributed by atoms with E-state index < -0.39 is 0 Å². The Balaban J connectivity index is 1.99. The summed E-state index contributed by atoms with van der Waals surface area (Å²) in [5.41, 5.74) is 0.342. The third-order valence-corrected chi connectivity index (χ3v) is 4.25. The van der Waals surface area contributed by atoms with Crippen molar-refractivity contribution in [3.63, 3.8) is 0 Å². The van der Waals surface area contributed by atoms with Crippen LogP contribution >= 0.6 is 39.1 Å². The van der Waals surface area contributed by atoms with Crippen LogP contribution in [0.3, 0.4) is 0 Å². The van der Waals surface area contributed by atoms with Crippen molar-refractivity contribution in [1.82, 2.24) is 0 Å². The van der Waals surface area contributed by atoms with Gasteiger partial charge in [-0.2, -0.15) is 0 Å². The molecule has 2 rings (SSSR count). The molecule has 1 aliphatic rings. The van der Waals surface area contributed by atoms with Gasteiger partial charge in [-0.3, -0.25) is 0 Å². The molecule has 1 aliphatic carbocycles. The molecule has 0 bridgehead atoms. The molecule has 1 saturated carbocycles. The average molecular weight is 310 g/mol. The molecule has 0 saturated heterocycles. The van der Waals surface area contributed by atoms with Crippen molar-refractivity contribution in [3.05, 3.63) is 28.2 Å². The molecule has 0 heterocycles. The summed E-state index contributed by atoms with van der Waals surface area (Å²) in [6, 6.07) is 5.28. The van der Waals surface area contributed by atoms with Crippen molar-refractivity contribution < 1.29 is 4.74 Å². The van der Waals surface area contributed by atoms with Crippen molar-refractivity contribution in [3.8, 4) is 5.75 Å². The second-order valence-corrected chi connectivity index (χ2v) is 5.46. The van der Waals surface area contributed by atoms with Crippen molar-refractivity contribution in [1.29, 1.82) is 0 Å². The lowest BCUT2D eigenvalue weighted by Gasteiger charge is -2.13. The lowest BCUT2D eigenvalue weighted by molar-refractivity contribution is 0.251. The molecule has 0 spiro atoms. The van der Waals surface area contributed by atoms with E-state index >= 15 is 0 Å². The van der Waals surface area contributed by atoms with E-state index in [1.165, 1.54) is 12.8 Å². The van der Waals surface area contributed by atoms with Gasteiger partial charge in [-0.1, -0.05) is 39.1 Å². The molecule has 1 fully saturated rings. The second kappa shape index (κ2) is 4.52. The molecule has 0 N–H and O–H groups in total. The predicted molar refractivity (Wildman–Crippen MR) is 67.4 cm³/mol. The Bertz CT molecular complexity index is 343. The summed E-state index contributed by atoms with van der Waals surface area (Å²) in [6.07, 6.45) is 2.46. The van der Waals surface area contributed by atoms with Gasteiger partial charge in [0.1, 0.15) is 5.75 Å². The van der Waals surface area contributed by atoms with E-state index in [1.807, 2.05) is 0 Å². The largest absolute Gasteiger partial charge is 0.493 e. The van der Waals surface area contributed by atoms with Gasteiger partial charge in [-0.25, -0.2) is 0 Å². The maximum absolute atomic E-state index is 5.88. The highest BCUT2D eigenvalue weighted by Gasteiger charge is 2.42. The van der Waals surface area contributed by atoms with Gasteiger partial charge in [0.25, 0.3) is 0 Å². The number of hydrogen-bond donors (Lipinski definition) is 0. The quantitative estimate of drug-likeness (QED) is 0.742. The Kier molecular flexibility index (Phi) is 3.49. The molecule has 0 amide bonds. The molecule has 0 radical (unpaired) electrons. The molecule has 4 heteroatoms. The first kappa shape index (κ1) is 11.6. The van der Waals surface area contributed by atoms with Crippen LogP contribution in [0.1, 0.15) is 12.8 Å². The van der Waals surface area contributed by atoms with Crippen LogP contribution in [-0.2, 0) is 0 Å². The fraction of sp³-hybridized carbons (Fsp3) is 0.455. The van der Waals surface area contributed by atoms with Crippen molar-refractivity contribution in [2.24, 2.45) is 5.41 Å². The fourth-order valence-corrected chi connectivity index (χ4v) is 2.57. The molecule has 0 unspecified atom stereocenters. The maximum atomic E-state index is 5.88. The van der Waals surface area contributed by atoms with Crippen LogP contribution in [0.15, 0.2) is 18.2 Å². The highest BCUT2D eigenvalue weighted by molar-refractivity contribution is 9.09. The highest BCUT2D eigenvalue weighted by atomic mass is 79.9. The second-order valence-electron chi connectivity index (χ2n) is 4.03. The van der Waals surface area contributed by atoms with Gasteiger partial charge in [0.05, 0.1) is 6.61 Å². The van der Waals surface area contributed by atoms with Crippen LogP contribution in [0.4, 0.5) is 0 Å². The third-order valence-electron chi connectivity index (χ3n) is 2.62. The van der Waals surface area contributed by atoms with E-state index in [4.69, 9.17) is 27.9 Å². The molecule has 1 aromatic rings.